The first-order valence-corrected chi connectivity index (χ1v) is 15.8. The third-order valence-electron chi connectivity index (χ3n) is 7.20. The highest BCUT2D eigenvalue weighted by Crippen LogP contribution is 2.37. The lowest BCUT2D eigenvalue weighted by molar-refractivity contribution is -0.136. The quantitative estimate of drug-likeness (QED) is 0.137. The first-order valence-electron chi connectivity index (χ1n) is 13.6. The highest BCUT2D eigenvalue weighted by Gasteiger charge is 2.39. The van der Waals surface area contributed by atoms with Crippen molar-refractivity contribution in [1.82, 2.24) is 4.31 Å². The van der Waals surface area contributed by atoms with Gasteiger partial charge in [-0.05, 0) is 74.0 Å². The molecule has 3 aromatic carbocycles. The Morgan fingerprint density at radius 3 is 2.38 bits per heavy atom. The Labute approximate surface area is 270 Å². The number of amides is 1. The van der Waals surface area contributed by atoms with Crippen LogP contribution in [0.2, 0.25) is 10.0 Å². The fourth-order valence-corrected chi connectivity index (χ4v) is 6.75. The van der Waals surface area contributed by atoms with Crippen molar-refractivity contribution in [3.8, 4) is 0 Å². The number of aryl methyl sites for hydroxylation is 1. The van der Waals surface area contributed by atoms with E-state index in [1.165, 1.54) is 66.9 Å². The molecule has 4 aromatic rings. The van der Waals surface area contributed by atoms with Gasteiger partial charge in [0, 0.05) is 22.3 Å². The van der Waals surface area contributed by atoms with Gasteiger partial charge in [-0.1, -0.05) is 59.1 Å². The highest BCUT2D eigenvalue weighted by molar-refractivity contribution is 7.89. The van der Waals surface area contributed by atoms with Crippen LogP contribution in [0.3, 0.4) is 0 Å². The molecular weight excluding hydrogens is 642 g/mol. The Bertz CT molecular complexity index is 1970. The number of esters is 1. The average Bonchev–Trinajstić information content (AvgIpc) is 3.55. The Kier molecular flexibility index (Phi) is 9.31. The Hall–Kier alpha value is -4.22. The lowest BCUT2D eigenvalue weighted by Gasteiger charge is -2.22. The van der Waals surface area contributed by atoms with Crippen molar-refractivity contribution in [2.24, 2.45) is 0 Å². The molecule has 1 aliphatic rings. The molecular formula is C33H27Cl2FN2O6S. The van der Waals surface area contributed by atoms with E-state index in [1.807, 2.05) is 6.92 Å². The summed E-state index contributed by atoms with van der Waals surface area (Å²) in [4.78, 5) is 27.5. The van der Waals surface area contributed by atoms with E-state index >= 15 is 0 Å². The summed E-state index contributed by atoms with van der Waals surface area (Å²) in [7, 11) is -2.86. The van der Waals surface area contributed by atoms with Gasteiger partial charge in [-0.15, -0.1) is 0 Å². The van der Waals surface area contributed by atoms with Gasteiger partial charge in [-0.3, -0.25) is 9.69 Å². The van der Waals surface area contributed by atoms with Gasteiger partial charge in [0.15, 0.2) is 0 Å². The fourth-order valence-electron chi connectivity index (χ4n) is 4.90. The standard InChI is InChI=1S/C33H27Cl2FN2O6S/c1-20-8-14-26(15-9-20)45(41,42)37(18-22-10-11-23(34)16-28(22)35)19-25-13-12-24(44-25)17-27-31(33(40)43-3)21(2)38(32(27)39)30-7-5-4-6-29(30)36/h4-17H,18-19H2,1-3H3/b27-17+. The van der Waals surface area contributed by atoms with Crippen molar-refractivity contribution in [3.05, 3.63) is 134 Å². The summed E-state index contributed by atoms with van der Waals surface area (Å²) < 4.78 is 54.4. The van der Waals surface area contributed by atoms with Crippen LogP contribution in [0, 0.1) is 12.7 Å². The first-order chi connectivity index (χ1) is 21.4. The van der Waals surface area contributed by atoms with Crippen LogP contribution in [0.15, 0.2) is 105 Å². The molecule has 0 spiro atoms. The molecule has 8 nitrogen and oxygen atoms in total. The van der Waals surface area contributed by atoms with E-state index in [1.54, 1.807) is 36.4 Å². The second-order valence-electron chi connectivity index (χ2n) is 10.2. The summed E-state index contributed by atoms with van der Waals surface area (Å²) >= 11 is 12.4. The second-order valence-corrected chi connectivity index (χ2v) is 13.0. The van der Waals surface area contributed by atoms with Crippen LogP contribution in [0.1, 0.15) is 29.6 Å². The second kappa shape index (κ2) is 13.0. The lowest BCUT2D eigenvalue weighted by Crippen LogP contribution is -2.30. The van der Waals surface area contributed by atoms with Crippen molar-refractivity contribution in [2.45, 2.75) is 31.8 Å². The summed E-state index contributed by atoms with van der Waals surface area (Å²) in [6, 6.07) is 20.1. The summed E-state index contributed by atoms with van der Waals surface area (Å²) in [5.41, 5.74) is 1.47. The molecule has 0 aliphatic carbocycles. The molecule has 1 aliphatic heterocycles. The molecule has 0 unspecified atom stereocenters. The van der Waals surface area contributed by atoms with E-state index in [0.717, 1.165) is 10.5 Å². The number of allylic oxidation sites excluding steroid dienone is 1. The summed E-state index contributed by atoms with van der Waals surface area (Å²) in [6.07, 6.45) is 1.34. The fraction of sp³-hybridized carbons (Fsp3) is 0.152. The number of nitrogens with zero attached hydrogens (tertiary/aromatic N) is 2. The van der Waals surface area contributed by atoms with Crippen molar-refractivity contribution in [3.63, 3.8) is 0 Å². The normalized spacial score (nSPS) is 14.6. The minimum atomic E-state index is -4.03. The van der Waals surface area contributed by atoms with E-state index in [0.29, 0.717) is 15.6 Å². The molecule has 0 saturated heterocycles. The van der Waals surface area contributed by atoms with Crippen LogP contribution in [0.25, 0.3) is 6.08 Å². The smallest absolute Gasteiger partial charge is 0.340 e. The molecule has 45 heavy (non-hydrogen) atoms. The third-order valence-corrected chi connectivity index (χ3v) is 9.60. The first kappa shape index (κ1) is 32.2. The van der Waals surface area contributed by atoms with E-state index in [-0.39, 0.29) is 52.0 Å². The molecule has 232 valence electrons. The van der Waals surface area contributed by atoms with E-state index in [2.05, 4.69) is 0 Å². The van der Waals surface area contributed by atoms with Gasteiger partial charge in [0.2, 0.25) is 10.0 Å². The van der Waals surface area contributed by atoms with Gasteiger partial charge < -0.3 is 9.15 Å². The van der Waals surface area contributed by atoms with Gasteiger partial charge in [0.05, 0.1) is 35.4 Å². The maximum absolute atomic E-state index is 14.7. The topological polar surface area (TPSA) is 97.1 Å². The minimum absolute atomic E-state index is 0.0252. The van der Waals surface area contributed by atoms with Crippen molar-refractivity contribution in [1.29, 1.82) is 0 Å². The SMILES string of the molecule is COC(=O)C1=C(C)N(c2ccccc2F)C(=O)/C1=C/c1ccc(CN(Cc2ccc(Cl)cc2Cl)S(=O)(=O)c2ccc(C)cc2)o1. The molecule has 1 amide bonds. The molecule has 12 heteroatoms. The van der Waals surface area contributed by atoms with Crippen molar-refractivity contribution >= 4 is 56.9 Å². The molecule has 0 N–H and O–H groups in total. The maximum atomic E-state index is 14.7. The van der Waals surface area contributed by atoms with Crippen LogP contribution in [-0.2, 0) is 37.4 Å². The number of carbonyl (C=O) groups is 2. The van der Waals surface area contributed by atoms with Crippen LogP contribution in [0.4, 0.5) is 10.1 Å². The Balaban J connectivity index is 1.50. The zero-order valence-corrected chi connectivity index (χ0v) is 26.7. The zero-order valence-electron chi connectivity index (χ0n) is 24.4. The van der Waals surface area contributed by atoms with Gasteiger partial charge in [-0.2, -0.15) is 4.31 Å². The van der Waals surface area contributed by atoms with E-state index < -0.39 is 27.7 Å². The number of para-hydroxylation sites is 1. The molecule has 0 atom stereocenters. The summed E-state index contributed by atoms with van der Waals surface area (Å²) in [6.45, 7) is 3.09. The Morgan fingerprint density at radius 1 is 1.00 bits per heavy atom. The zero-order chi connectivity index (χ0) is 32.5. The van der Waals surface area contributed by atoms with Gasteiger partial charge in [0.25, 0.3) is 5.91 Å². The number of hydrogen-bond acceptors (Lipinski definition) is 6. The van der Waals surface area contributed by atoms with Gasteiger partial charge in [0.1, 0.15) is 17.3 Å². The predicted octanol–water partition coefficient (Wildman–Crippen LogP) is 7.30. The van der Waals surface area contributed by atoms with Crippen molar-refractivity contribution < 1.29 is 31.6 Å². The number of benzene rings is 3. The highest BCUT2D eigenvalue weighted by atomic mass is 35.5. The lowest BCUT2D eigenvalue weighted by atomic mass is 10.1. The predicted molar refractivity (Wildman–Crippen MR) is 169 cm³/mol. The molecule has 0 saturated carbocycles. The molecule has 0 bridgehead atoms. The number of sulfonamides is 1. The molecule has 1 aromatic heterocycles. The van der Waals surface area contributed by atoms with Crippen LogP contribution in [0.5, 0.6) is 0 Å². The number of furan rings is 1. The molecule has 0 fully saturated rings. The number of rotatable bonds is 9. The maximum Gasteiger partial charge on any atom is 0.340 e. The average molecular weight is 670 g/mol. The number of hydrogen-bond donors (Lipinski definition) is 0. The summed E-state index contributed by atoms with van der Waals surface area (Å²) in [5, 5.41) is 0.708. The number of ether oxygens (including phenoxy) is 1. The van der Waals surface area contributed by atoms with Crippen LogP contribution < -0.4 is 4.90 Å². The van der Waals surface area contributed by atoms with Crippen LogP contribution >= 0.6 is 23.2 Å². The molecule has 0 radical (unpaired) electrons. The van der Waals surface area contributed by atoms with Crippen LogP contribution in [-0.4, -0.2) is 31.7 Å². The number of halogens is 3. The number of anilines is 1. The Morgan fingerprint density at radius 2 is 1.71 bits per heavy atom. The van der Waals surface area contributed by atoms with Gasteiger partial charge in [-0.25, -0.2) is 17.6 Å². The monoisotopic (exact) mass is 668 g/mol. The largest absolute Gasteiger partial charge is 0.465 e. The molecule has 5 rings (SSSR count). The van der Waals surface area contributed by atoms with Gasteiger partial charge >= 0.3 is 5.97 Å². The molecule has 2 heterocycles. The minimum Gasteiger partial charge on any atom is -0.465 e. The third kappa shape index (κ3) is 6.60. The van der Waals surface area contributed by atoms with E-state index in [9.17, 15) is 22.4 Å². The van der Waals surface area contributed by atoms with Crippen molar-refractivity contribution in [2.75, 3.05) is 12.0 Å². The summed E-state index contributed by atoms with van der Waals surface area (Å²) in [5.74, 6) is -1.68. The number of carbonyl (C=O) groups excluding carboxylic acids is 2. The number of methoxy groups -OCH3 is 1. The van der Waals surface area contributed by atoms with E-state index in [4.69, 9.17) is 32.4 Å².